The van der Waals surface area contributed by atoms with E-state index >= 15 is 0 Å². The molecular weight excluding hydrogens is 280 g/mol. The molecule has 1 unspecified atom stereocenters. The first-order valence-electron chi connectivity index (χ1n) is 6.94. The molecule has 0 saturated heterocycles. The molecule has 22 heavy (non-hydrogen) atoms. The maximum atomic E-state index is 11.9. The summed E-state index contributed by atoms with van der Waals surface area (Å²) in [6, 6.07) is 13.8. The number of aromatic hydroxyl groups is 1. The fraction of sp³-hybridized carbons (Fsp3) is 0.176. The SMILES string of the molecule is Cc1ccc(O)c(NC(=O)C(=O)NC(C)c2ccccc2)c1. The molecule has 3 N–H and O–H groups in total. The van der Waals surface area contributed by atoms with Crippen LogP contribution in [0.25, 0.3) is 0 Å². The number of phenols is 1. The molecule has 2 aromatic rings. The number of rotatable bonds is 3. The van der Waals surface area contributed by atoms with Crippen molar-refractivity contribution in [2.45, 2.75) is 19.9 Å². The first kappa shape index (κ1) is 15.6. The predicted molar refractivity (Wildman–Crippen MR) is 84.5 cm³/mol. The Labute approximate surface area is 129 Å². The standard InChI is InChI=1S/C17H18N2O3/c1-11-8-9-15(20)14(10-11)19-17(22)16(21)18-12(2)13-6-4-3-5-7-13/h3-10,12,20H,1-2H3,(H,18,21)(H,19,22). The average Bonchev–Trinajstić information content (AvgIpc) is 2.51. The topological polar surface area (TPSA) is 78.4 Å². The number of hydrogen-bond acceptors (Lipinski definition) is 3. The first-order chi connectivity index (χ1) is 10.5. The van der Waals surface area contributed by atoms with E-state index in [2.05, 4.69) is 10.6 Å². The van der Waals surface area contributed by atoms with Crippen LogP contribution in [0.1, 0.15) is 24.1 Å². The molecule has 0 radical (unpaired) electrons. The smallest absolute Gasteiger partial charge is 0.313 e. The highest BCUT2D eigenvalue weighted by atomic mass is 16.3. The molecule has 2 rings (SSSR count). The summed E-state index contributed by atoms with van der Waals surface area (Å²) < 4.78 is 0. The van der Waals surface area contributed by atoms with Crippen LogP contribution in [0, 0.1) is 6.92 Å². The van der Waals surface area contributed by atoms with Crippen molar-refractivity contribution in [1.29, 1.82) is 0 Å². The summed E-state index contributed by atoms with van der Waals surface area (Å²) >= 11 is 0. The summed E-state index contributed by atoms with van der Waals surface area (Å²) in [5.41, 5.74) is 1.99. The highest BCUT2D eigenvalue weighted by Crippen LogP contribution is 2.23. The fourth-order valence-electron chi connectivity index (χ4n) is 2.02. The molecule has 0 aliphatic carbocycles. The van der Waals surface area contributed by atoms with E-state index in [9.17, 15) is 14.7 Å². The molecule has 2 amide bonds. The fourth-order valence-corrected chi connectivity index (χ4v) is 2.02. The lowest BCUT2D eigenvalue weighted by Crippen LogP contribution is -2.36. The van der Waals surface area contributed by atoms with Crippen molar-refractivity contribution in [3.05, 3.63) is 59.7 Å². The van der Waals surface area contributed by atoms with Crippen molar-refractivity contribution in [2.24, 2.45) is 0 Å². The van der Waals surface area contributed by atoms with E-state index in [0.29, 0.717) is 0 Å². The van der Waals surface area contributed by atoms with Gasteiger partial charge < -0.3 is 15.7 Å². The number of carbonyl (C=O) groups excluding carboxylic acids is 2. The number of amides is 2. The number of nitrogens with one attached hydrogen (secondary N) is 2. The molecule has 0 aliphatic heterocycles. The molecule has 0 saturated carbocycles. The monoisotopic (exact) mass is 298 g/mol. The van der Waals surface area contributed by atoms with Crippen LogP contribution >= 0.6 is 0 Å². The molecule has 5 nitrogen and oxygen atoms in total. The number of hydrogen-bond donors (Lipinski definition) is 3. The zero-order valence-corrected chi connectivity index (χ0v) is 12.5. The van der Waals surface area contributed by atoms with Crippen LogP contribution in [-0.2, 0) is 9.59 Å². The molecule has 1 atom stereocenters. The minimum absolute atomic E-state index is 0.0807. The second-order valence-electron chi connectivity index (χ2n) is 5.08. The van der Waals surface area contributed by atoms with Crippen LogP contribution in [0.4, 0.5) is 5.69 Å². The minimum atomic E-state index is -0.816. The summed E-state index contributed by atoms with van der Waals surface area (Å²) in [6.07, 6.45) is 0. The lowest BCUT2D eigenvalue weighted by atomic mass is 10.1. The van der Waals surface area contributed by atoms with Crippen LogP contribution in [0.3, 0.4) is 0 Å². The van der Waals surface area contributed by atoms with Crippen molar-refractivity contribution < 1.29 is 14.7 Å². The molecular formula is C17H18N2O3. The van der Waals surface area contributed by atoms with Gasteiger partial charge in [-0.05, 0) is 37.1 Å². The predicted octanol–water partition coefficient (Wildman–Crippen LogP) is 2.52. The lowest BCUT2D eigenvalue weighted by molar-refractivity contribution is -0.136. The van der Waals surface area contributed by atoms with Crippen LogP contribution in [0.15, 0.2) is 48.5 Å². The summed E-state index contributed by atoms with van der Waals surface area (Å²) in [5.74, 6) is -1.65. The van der Waals surface area contributed by atoms with E-state index in [1.165, 1.54) is 6.07 Å². The second kappa shape index (κ2) is 6.76. The molecule has 114 valence electrons. The normalized spacial score (nSPS) is 11.5. The van der Waals surface area contributed by atoms with E-state index in [1.54, 1.807) is 19.1 Å². The van der Waals surface area contributed by atoms with Crippen molar-refractivity contribution in [3.63, 3.8) is 0 Å². The van der Waals surface area contributed by atoms with E-state index in [-0.39, 0.29) is 17.5 Å². The highest BCUT2D eigenvalue weighted by molar-refractivity contribution is 6.39. The van der Waals surface area contributed by atoms with E-state index in [0.717, 1.165) is 11.1 Å². The maximum absolute atomic E-state index is 11.9. The Hall–Kier alpha value is -2.82. The first-order valence-corrected chi connectivity index (χ1v) is 6.94. The van der Waals surface area contributed by atoms with E-state index in [4.69, 9.17) is 0 Å². The summed E-state index contributed by atoms with van der Waals surface area (Å²) in [6.45, 7) is 3.62. The Bertz CT molecular complexity index is 684. The highest BCUT2D eigenvalue weighted by Gasteiger charge is 2.18. The number of carbonyl (C=O) groups is 2. The summed E-state index contributed by atoms with van der Waals surface area (Å²) in [7, 11) is 0. The number of phenolic OH excluding ortho intramolecular Hbond substituents is 1. The zero-order valence-electron chi connectivity index (χ0n) is 12.5. The van der Waals surface area contributed by atoms with Gasteiger partial charge in [-0.3, -0.25) is 9.59 Å². The minimum Gasteiger partial charge on any atom is -0.506 e. The molecule has 5 heteroatoms. The van der Waals surface area contributed by atoms with Gasteiger partial charge in [0.05, 0.1) is 11.7 Å². The zero-order chi connectivity index (χ0) is 16.1. The third-order valence-corrected chi connectivity index (χ3v) is 3.25. The molecule has 0 spiro atoms. The molecule has 2 aromatic carbocycles. The Kier molecular flexibility index (Phi) is 4.78. The Morgan fingerprint density at radius 2 is 1.73 bits per heavy atom. The molecule has 0 heterocycles. The van der Waals surface area contributed by atoms with Crippen LogP contribution < -0.4 is 10.6 Å². The average molecular weight is 298 g/mol. The van der Waals surface area contributed by atoms with Crippen molar-refractivity contribution in [2.75, 3.05) is 5.32 Å². The van der Waals surface area contributed by atoms with Gasteiger partial charge >= 0.3 is 11.8 Å². The quantitative estimate of drug-likeness (QED) is 0.602. The van der Waals surface area contributed by atoms with Crippen molar-refractivity contribution >= 4 is 17.5 Å². The van der Waals surface area contributed by atoms with Crippen LogP contribution in [0.2, 0.25) is 0 Å². The number of benzene rings is 2. The van der Waals surface area contributed by atoms with E-state index in [1.807, 2.05) is 37.3 Å². The molecule has 0 fully saturated rings. The van der Waals surface area contributed by atoms with Gasteiger partial charge in [-0.25, -0.2) is 0 Å². The van der Waals surface area contributed by atoms with Gasteiger partial charge in [0.25, 0.3) is 0 Å². The maximum Gasteiger partial charge on any atom is 0.313 e. The summed E-state index contributed by atoms with van der Waals surface area (Å²) in [5, 5.41) is 14.7. The van der Waals surface area contributed by atoms with Gasteiger partial charge in [-0.1, -0.05) is 36.4 Å². The Morgan fingerprint density at radius 1 is 1.05 bits per heavy atom. The van der Waals surface area contributed by atoms with Gasteiger partial charge in [0.1, 0.15) is 5.75 Å². The lowest BCUT2D eigenvalue weighted by Gasteiger charge is -2.14. The third-order valence-electron chi connectivity index (χ3n) is 3.25. The van der Waals surface area contributed by atoms with Crippen molar-refractivity contribution in [1.82, 2.24) is 5.32 Å². The van der Waals surface area contributed by atoms with E-state index < -0.39 is 11.8 Å². The molecule has 0 aromatic heterocycles. The summed E-state index contributed by atoms with van der Waals surface area (Å²) in [4.78, 5) is 23.8. The van der Waals surface area contributed by atoms with Gasteiger partial charge in [-0.15, -0.1) is 0 Å². The Balaban J connectivity index is 2.01. The second-order valence-corrected chi connectivity index (χ2v) is 5.08. The van der Waals surface area contributed by atoms with Gasteiger partial charge in [0, 0.05) is 0 Å². The van der Waals surface area contributed by atoms with Gasteiger partial charge in [0.15, 0.2) is 0 Å². The largest absolute Gasteiger partial charge is 0.506 e. The number of anilines is 1. The van der Waals surface area contributed by atoms with Crippen LogP contribution in [-0.4, -0.2) is 16.9 Å². The Morgan fingerprint density at radius 3 is 2.41 bits per heavy atom. The van der Waals surface area contributed by atoms with Gasteiger partial charge in [-0.2, -0.15) is 0 Å². The number of aryl methyl sites for hydroxylation is 1. The molecule has 0 bridgehead atoms. The van der Waals surface area contributed by atoms with Gasteiger partial charge in [0.2, 0.25) is 0 Å². The third kappa shape index (κ3) is 3.85. The van der Waals surface area contributed by atoms with Crippen LogP contribution in [0.5, 0.6) is 5.75 Å². The molecule has 0 aliphatic rings. The van der Waals surface area contributed by atoms with Crippen molar-refractivity contribution in [3.8, 4) is 5.75 Å².